The average Bonchev–Trinajstić information content (AvgIpc) is 2.35. The van der Waals surface area contributed by atoms with Gasteiger partial charge in [0.2, 0.25) is 0 Å². The summed E-state index contributed by atoms with van der Waals surface area (Å²) in [5.41, 5.74) is -0.00740. The number of methoxy groups -OCH3 is 1. The second-order valence-corrected chi connectivity index (χ2v) is 3.17. The smallest absolute Gasteiger partial charge is 0.348 e. The summed E-state index contributed by atoms with van der Waals surface area (Å²) in [6.07, 6.45) is 4.95. The molecule has 1 heterocycles. The minimum absolute atomic E-state index is 0.00740. The zero-order valence-corrected chi connectivity index (χ0v) is 9.18. The van der Waals surface area contributed by atoms with E-state index in [-0.39, 0.29) is 5.57 Å². The fraction of sp³-hybridized carbons (Fsp3) is 0.455. The number of carbonyl (C=O) groups excluding carboxylic acids is 1. The first kappa shape index (κ1) is 12.3. The second-order valence-electron chi connectivity index (χ2n) is 3.17. The highest BCUT2D eigenvalue weighted by atomic mass is 16.5. The van der Waals surface area contributed by atoms with Gasteiger partial charge in [-0.1, -0.05) is 0 Å². The lowest BCUT2D eigenvalue weighted by Crippen LogP contribution is -2.31. The zero-order valence-electron chi connectivity index (χ0n) is 9.18. The van der Waals surface area contributed by atoms with Crippen LogP contribution in [0.4, 0.5) is 0 Å². The van der Waals surface area contributed by atoms with Gasteiger partial charge in [0.05, 0.1) is 20.3 Å². The van der Waals surface area contributed by atoms with Crippen LogP contribution >= 0.6 is 0 Å². The first-order valence-electron chi connectivity index (χ1n) is 4.96. The number of esters is 1. The molecule has 1 aliphatic heterocycles. The van der Waals surface area contributed by atoms with E-state index in [0.29, 0.717) is 13.2 Å². The van der Waals surface area contributed by atoms with Crippen LogP contribution in [0.3, 0.4) is 0 Å². The number of rotatable bonds is 3. The Bertz CT molecular complexity index is 336. The van der Waals surface area contributed by atoms with Crippen LogP contribution in [0, 0.1) is 11.3 Å². The highest BCUT2D eigenvalue weighted by Gasteiger charge is 2.07. The lowest BCUT2D eigenvalue weighted by Gasteiger charge is -2.24. The topological polar surface area (TPSA) is 62.6 Å². The fourth-order valence-electron chi connectivity index (χ4n) is 1.25. The summed E-state index contributed by atoms with van der Waals surface area (Å²) in [6, 6.07) is 1.78. The molecular formula is C11H14N2O3. The van der Waals surface area contributed by atoms with Crippen LogP contribution in [-0.4, -0.2) is 44.3 Å². The molecule has 5 nitrogen and oxygen atoms in total. The van der Waals surface area contributed by atoms with E-state index in [0.717, 1.165) is 13.1 Å². The number of hydrogen-bond donors (Lipinski definition) is 0. The molecule has 0 amide bonds. The van der Waals surface area contributed by atoms with Gasteiger partial charge in [-0.05, 0) is 18.4 Å². The van der Waals surface area contributed by atoms with Crippen molar-refractivity contribution in [3.8, 4) is 6.07 Å². The number of nitrogens with zero attached hydrogens (tertiary/aromatic N) is 2. The predicted octanol–water partition coefficient (Wildman–Crippen LogP) is 0.455. The van der Waals surface area contributed by atoms with Crippen LogP contribution in [0.1, 0.15) is 0 Å². The lowest BCUT2D eigenvalue weighted by molar-refractivity contribution is -0.135. The molecule has 86 valence electrons. The highest BCUT2D eigenvalue weighted by Crippen LogP contribution is 2.00. The van der Waals surface area contributed by atoms with E-state index in [4.69, 9.17) is 10.00 Å². The van der Waals surface area contributed by atoms with E-state index in [2.05, 4.69) is 9.64 Å². The summed E-state index contributed by atoms with van der Waals surface area (Å²) >= 11 is 0. The molecule has 5 heteroatoms. The van der Waals surface area contributed by atoms with Gasteiger partial charge in [-0.3, -0.25) is 0 Å². The summed E-state index contributed by atoms with van der Waals surface area (Å²) in [4.78, 5) is 13.1. The summed E-state index contributed by atoms with van der Waals surface area (Å²) in [5.74, 6) is -0.617. The Morgan fingerprint density at radius 1 is 1.50 bits per heavy atom. The molecule has 0 spiro atoms. The maximum Gasteiger partial charge on any atom is 0.348 e. The first-order chi connectivity index (χ1) is 7.77. The minimum Gasteiger partial charge on any atom is -0.465 e. The predicted molar refractivity (Wildman–Crippen MR) is 57.2 cm³/mol. The van der Waals surface area contributed by atoms with Gasteiger partial charge in [-0.15, -0.1) is 0 Å². The van der Waals surface area contributed by atoms with Gasteiger partial charge in [-0.2, -0.15) is 5.26 Å². The highest BCUT2D eigenvalue weighted by molar-refractivity contribution is 5.92. The Morgan fingerprint density at radius 2 is 2.19 bits per heavy atom. The Labute approximate surface area is 94.5 Å². The molecule has 16 heavy (non-hydrogen) atoms. The van der Waals surface area contributed by atoms with Crippen molar-refractivity contribution >= 4 is 5.97 Å². The molecule has 0 aromatic carbocycles. The van der Waals surface area contributed by atoms with Crippen molar-refractivity contribution < 1.29 is 14.3 Å². The van der Waals surface area contributed by atoms with Crippen molar-refractivity contribution in [2.24, 2.45) is 0 Å². The standard InChI is InChI=1S/C11H14N2O3/c1-15-11(14)10(9-12)3-2-4-13-5-7-16-8-6-13/h2-4H,5-8H2,1H3/b4-2+,10-3+. The van der Waals surface area contributed by atoms with Gasteiger partial charge in [-0.25, -0.2) is 4.79 Å². The van der Waals surface area contributed by atoms with Crippen LogP contribution in [-0.2, 0) is 14.3 Å². The first-order valence-corrected chi connectivity index (χ1v) is 4.96. The van der Waals surface area contributed by atoms with Crippen molar-refractivity contribution in [3.63, 3.8) is 0 Å². The molecule has 0 radical (unpaired) electrons. The fourth-order valence-corrected chi connectivity index (χ4v) is 1.25. The van der Waals surface area contributed by atoms with E-state index in [1.165, 1.54) is 13.2 Å². The number of hydrogen-bond acceptors (Lipinski definition) is 5. The van der Waals surface area contributed by atoms with E-state index >= 15 is 0 Å². The van der Waals surface area contributed by atoms with Crippen LogP contribution in [0.5, 0.6) is 0 Å². The summed E-state index contributed by atoms with van der Waals surface area (Å²) in [6.45, 7) is 3.06. The third-order valence-electron chi connectivity index (χ3n) is 2.13. The van der Waals surface area contributed by atoms with Crippen LogP contribution < -0.4 is 0 Å². The Hall–Kier alpha value is -1.80. The van der Waals surface area contributed by atoms with Crippen molar-refractivity contribution in [3.05, 3.63) is 23.9 Å². The molecule has 1 rings (SSSR count). The molecule has 1 fully saturated rings. The molecular weight excluding hydrogens is 208 g/mol. The molecule has 0 aromatic heterocycles. The molecule has 1 aliphatic rings. The monoisotopic (exact) mass is 222 g/mol. The molecule has 1 saturated heterocycles. The van der Waals surface area contributed by atoms with E-state index < -0.39 is 5.97 Å². The van der Waals surface area contributed by atoms with Crippen LogP contribution in [0.25, 0.3) is 0 Å². The molecule has 0 aromatic rings. The maximum atomic E-state index is 11.0. The quantitative estimate of drug-likeness (QED) is 0.300. The molecule has 0 bridgehead atoms. The second kappa shape index (κ2) is 6.64. The molecule has 0 atom stereocenters. The van der Waals surface area contributed by atoms with Crippen molar-refractivity contribution in [1.82, 2.24) is 4.90 Å². The Kier molecular flexibility index (Phi) is 5.09. The number of allylic oxidation sites excluding steroid dienone is 2. The van der Waals surface area contributed by atoms with Crippen molar-refractivity contribution in [1.29, 1.82) is 5.26 Å². The number of carbonyl (C=O) groups is 1. The Morgan fingerprint density at radius 3 is 2.75 bits per heavy atom. The van der Waals surface area contributed by atoms with E-state index in [9.17, 15) is 4.79 Å². The van der Waals surface area contributed by atoms with E-state index in [1.54, 1.807) is 12.1 Å². The summed E-state index contributed by atoms with van der Waals surface area (Å²) in [7, 11) is 1.25. The molecule has 0 saturated carbocycles. The average molecular weight is 222 g/mol. The molecule has 0 N–H and O–H groups in total. The third kappa shape index (κ3) is 3.75. The summed E-state index contributed by atoms with van der Waals surface area (Å²) in [5, 5.41) is 8.68. The van der Waals surface area contributed by atoms with Gasteiger partial charge in [0.1, 0.15) is 11.6 Å². The van der Waals surface area contributed by atoms with Gasteiger partial charge < -0.3 is 14.4 Å². The SMILES string of the molecule is COC(=O)/C(C#N)=C/C=C/N1CCOCC1. The van der Waals surface area contributed by atoms with Gasteiger partial charge in [0.15, 0.2) is 0 Å². The summed E-state index contributed by atoms with van der Waals surface area (Å²) < 4.78 is 9.64. The molecule has 0 unspecified atom stereocenters. The molecule has 0 aliphatic carbocycles. The zero-order chi connectivity index (χ0) is 11.8. The Balaban J connectivity index is 2.52. The number of ether oxygens (including phenoxy) is 2. The number of nitriles is 1. The maximum absolute atomic E-state index is 11.0. The minimum atomic E-state index is -0.617. The van der Waals surface area contributed by atoms with Crippen LogP contribution in [0.15, 0.2) is 23.9 Å². The van der Waals surface area contributed by atoms with Gasteiger partial charge in [0.25, 0.3) is 0 Å². The van der Waals surface area contributed by atoms with Gasteiger partial charge in [0, 0.05) is 13.1 Å². The third-order valence-corrected chi connectivity index (χ3v) is 2.13. The van der Waals surface area contributed by atoms with Crippen LogP contribution in [0.2, 0.25) is 0 Å². The normalized spacial score (nSPS) is 17.2. The number of morpholine rings is 1. The van der Waals surface area contributed by atoms with Crippen molar-refractivity contribution in [2.75, 3.05) is 33.4 Å². The van der Waals surface area contributed by atoms with E-state index in [1.807, 2.05) is 6.20 Å². The lowest BCUT2D eigenvalue weighted by atomic mass is 10.3. The largest absolute Gasteiger partial charge is 0.465 e. The van der Waals surface area contributed by atoms with Crippen molar-refractivity contribution in [2.45, 2.75) is 0 Å². The van der Waals surface area contributed by atoms with Gasteiger partial charge >= 0.3 is 5.97 Å².